The maximum atomic E-state index is 5.43. The Morgan fingerprint density at radius 2 is 2.12 bits per heavy atom. The van der Waals surface area contributed by atoms with E-state index in [2.05, 4.69) is 33.8 Å². The summed E-state index contributed by atoms with van der Waals surface area (Å²) in [5, 5.41) is 7.15. The first kappa shape index (κ1) is 15.2. The summed E-state index contributed by atoms with van der Waals surface area (Å²) in [5.74, 6) is 1.54. The lowest BCUT2D eigenvalue weighted by Crippen LogP contribution is -1.97. The van der Waals surface area contributed by atoms with E-state index in [1.54, 1.807) is 23.1 Å². The predicted octanol–water partition coefficient (Wildman–Crippen LogP) is 5.19. The van der Waals surface area contributed by atoms with E-state index in [1.807, 2.05) is 48.1 Å². The van der Waals surface area contributed by atoms with Gasteiger partial charge < -0.3 is 4.52 Å². The van der Waals surface area contributed by atoms with E-state index in [4.69, 9.17) is 4.52 Å². The summed E-state index contributed by atoms with van der Waals surface area (Å²) < 4.78 is 7.54. The molecule has 0 aliphatic carbocycles. The van der Waals surface area contributed by atoms with Crippen LogP contribution in [-0.4, -0.2) is 14.7 Å². The molecule has 0 spiro atoms. The summed E-state index contributed by atoms with van der Waals surface area (Å²) >= 11 is 3.30. The summed E-state index contributed by atoms with van der Waals surface area (Å²) in [6.07, 6.45) is 3.82. The molecule has 6 heteroatoms. The van der Waals surface area contributed by atoms with E-state index >= 15 is 0 Å². The van der Waals surface area contributed by atoms with E-state index in [0.29, 0.717) is 0 Å². The van der Waals surface area contributed by atoms with Crippen molar-refractivity contribution in [2.75, 3.05) is 0 Å². The van der Waals surface area contributed by atoms with Crippen LogP contribution in [0.4, 0.5) is 0 Å². The third-order valence-electron chi connectivity index (χ3n) is 3.65. The minimum absolute atomic E-state index is 0.720. The lowest BCUT2D eigenvalue weighted by molar-refractivity contribution is 0.427. The zero-order valence-electron chi connectivity index (χ0n) is 13.0. The molecule has 4 rings (SSSR count). The van der Waals surface area contributed by atoms with Crippen LogP contribution < -0.4 is 0 Å². The van der Waals surface area contributed by atoms with Crippen LogP contribution in [0.25, 0.3) is 16.3 Å². The smallest absolute Gasteiger partial charge is 0.177 e. The lowest BCUT2D eigenvalue weighted by atomic mass is 10.2. The van der Waals surface area contributed by atoms with Crippen LogP contribution in [0.15, 0.2) is 69.9 Å². The fourth-order valence-corrected chi connectivity index (χ4v) is 3.99. The second-order valence-corrected chi connectivity index (χ2v) is 7.20. The normalized spacial score (nSPS) is 11.0. The van der Waals surface area contributed by atoms with Gasteiger partial charge in [0.25, 0.3) is 0 Å². The molecule has 3 heterocycles. The second kappa shape index (κ2) is 6.67. The van der Waals surface area contributed by atoms with Gasteiger partial charge >= 0.3 is 0 Å². The van der Waals surface area contributed by atoms with Crippen LogP contribution >= 0.6 is 23.1 Å². The Kier molecular flexibility index (Phi) is 4.23. The Morgan fingerprint density at radius 1 is 1.21 bits per heavy atom. The molecule has 0 aliphatic heterocycles. The van der Waals surface area contributed by atoms with Crippen molar-refractivity contribution in [2.24, 2.45) is 0 Å². The number of nitrogens with zero attached hydrogens (tertiary/aromatic N) is 3. The van der Waals surface area contributed by atoms with Crippen LogP contribution in [0.5, 0.6) is 0 Å². The molecule has 0 fully saturated rings. The van der Waals surface area contributed by atoms with Gasteiger partial charge in [-0.1, -0.05) is 41.2 Å². The Bertz CT molecular complexity index is 941. The standard InChI is InChI=1S/C18H15N3OS2/c1-13-5-2-3-6-15(13)21-9-8-19-18(21)24-12-14-11-16(22-20-14)17-7-4-10-23-17/h2-11H,12H2,1H3. The first-order valence-electron chi connectivity index (χ1n) is 7.53. The number of aromatic nitrogens is 3. The number of imidazole rings is 1. The SMILES string of the molecule is Cc1ccccc1-n1ccnc1SCc1cc(-c2cccs2)on1. The molecule has 120 valence electrons. The van der Waals surface area contributed by atoms with Crippen LogP contribution in [-0.2, 0) is 5.75 Å². The van der Waals surface area contributed by atoms with E-state index in [9.17, 15) is 0 Å². The Balaban J connectivity index is 1.52. The van der Waals surface area contributed by atoms with Gasteiger partial charge in [0.05, 0.1) is 16.3 Å². The molecule has 4 nitrogen and oxygen atoms in total. The molecule has 0 radical (unpaired) electrons. The van der Waals surface area contributed by atoms with E-state index in [-0.39, 0.29) is 0 Å². The van der Waals surface area contributed by atoms with Crippen molar-refractivity contribution in [3.8, 4) is 16.3 Å². The summed E-state index contributed by atoms with van der Waals surface area (Å²) in [5.41, 5.74) is 3.29. The van der Waals surface area contributed by atoms with Crippen molar-refractivity contribution in [2.45, 2.75) is 17.8 Å². The molecule has 4 aromatic rings. The number of thiophene rings is 1. The molecule has 0 amide bonds. The minimum atomic E-state index is 0.720. The van der Waals surface area contributed by atoms with Gasteiger partial charge in [0, 0.05) is 24.2 Å². The quantitative estimate of drug-likeness (QED) is 0.463. The molecule has 0 atom stereocenters. The van der Waals surface area contributed by atoms with Gasteiger partial charge in [-0.15, -0.1) is 11.3 Å². The summed E-state index contributed by atoms with van der Waals surface area (Å²) in [6, 6.07) is 14.3. The number of benzene rings is 1. The highest BCUT2D eigenvalue weighted by atomic mass is 32.2. The zero-order chi connectivity index (χ0) is 16.4. The molecule has 24 heavy (non-hydrogen) atoms. The average molecular weight is 353 g/mol. The number of hydrogen-bond acceptors (Lipinski definition) is 5. The number of aryl methyl sites for hydroxylation is 1. The van der Waals surface area contributed by atoms with Gasteiger partial charge in [0.15, 0.2) is 10.9 Å². The molecule has 0 unspecified atom stereocenters. The Hall–Kier alpha value is -2.31. The van der Waals surface area contributed by atoms with E-state index in [0.717, 1.165) is 32.9 Å². The average Bonchev–Trinajstić information content (AvgIpc) is 3.34. The van der Waals surface area contributed by atoms with Gasteiger partial charge in [0.1, 0.15) is 0 Å². The highest BCUT2D eigenvalue weighted by Gasteiger charge is 2.11. The maximum Gasteiger partial charge on any atom is 0.177 e. The number of hydrogen-bond donors (Lipinski definition) is 0. The van der Waals surface area contributed by atoms with Gasteiger partial charge in [0.2, 0.25) is 0 Å². The number of thioether (sulfide) groups is 1. The molecule has 0 saturated carbocycles. The lowest BCUT2D eigenvalue weighted by Gasteiger charge is -2.09. The Morgan fingerprint density at radius 3 is 2.96 bits per heavy atom. The molecule has 0 saturated heterocycles. The fraction of sp³-hybridized carbons (Fsp3) is 0.111. The third-order valence-corrected chi connectivity index (χ3v) is 5.54. The molecular weight excluding hydrogens is 338 g/mol. The number of rotatable bonds is 5. The van der Waals surface area contributed by atoms with Gasteiger partial charge in [-0.2, -0.15) is 0 Å². The first-order chi connectivity index (χ1) is 11.8. The second-order valence-electron chi connectivity index (χ2n) is 5.31. The highest BCUT2D eigenvalue weighted by Crippen LogP contribution is 2.29. The van der Waals surface area contributed by atoms with E-state index < -0.39 is 0 Å². The topological polar surface area (TPSA) is 43.9 Å². The molecule has 1 aromatic carbocycles. The minimum Gasteiger partial charge on any atom is -0.355 e. The summed E-state index contributed by atoms with van der Waals surface area (Å²) in [6.45, 7) is 2.11. The van der Waals surface area contributed by atoms with Gasteiger partial charge in [-0.05, 0) is 30.0 Å². The Labute approximate surface area is 148 Å². The van der Waals surface area contributed by atoms with Crippen LogP contribution in [0.2, 0.25) is 0 Å². The van der Waals surface area contributed by atoms with Crippen LogP contribution in [0, 0.1) is 6.92 Å². The number of para-hydroxylation sites is 1. The third kappa shape index (κ3) is 3.02. The van der Waals surface area contributed by atoms with Gasteiger partial charge in [-0.3, -0.25) is 4.57 Å². The van der Waals surface area contributed by atoms with Crippen molar-refractivity contribution in [3.63, 3.8) is 0 Å². The molecule has 0 aliphatic rings. The molecule has 3 aromatic heterocycles. The van der Waals surface area contributed by atoms with Crippen LogP contribution in [0.3, 0.4) is 0 Å². The molecule has 0 bridgehead atoms. The highest BCUT2D eigenvalue weighted by molar-refractivity contribution is 7.98. The van der Waals surface area contributed by atoms with Crippen molar-refractivity contribution >= 4 is 23.1 Å². The van der Waals surface area contributed by atoms with Crippen molar-refractivity contribution in [3.05, 3.63) is 71.5 Å². The van der Waals surface area contributed by atoms with Crippen molar-refractivity contribution in [1.82, 2.24) is 14.7 Å². The molecule has 0 N–H and O–H groups in total. The summed E-state index contributed by atoms with van der Waals surface area (Å²) in [4.78, 5) is 5.57. The van der Waals surface area contributed by atoms with Gasteiger partial charge in [-0.25, -0.2) is 4.98 Å². The summed E-state index contributed by atoms with van der Waals surface area (Å²) in [7, 11) is 0. The van der Waals surface area contributed by atoms with Crippen molar-refractivity contribution < 1.29 is 4.52 Å². The fourth-order valence-electron chi connectivity index (χ4n) is 2.47. The molecular formula is C18H15N3OS2. The monoisotopic (exact) mass is 353 g/mol. The zero-order valence-corrected chi connectivity index (χ0v) is 14.7. The first-order valence-corrected chi connectivity index (χ1v) is 9.39. The van der Waals surface area contributed by atoms with Crippen LogP contribution in [0.1, 0.15) is 11.3 Å². The largest absolute Gasteiger partial charge is 0.355 e. The predicted molar refractivity (Wildman–Crippen MR) is 97.7 cm³/mol. The maximum absolute atomic E-state index is 5.43. The van der Waals surface area contributed by atoms with Crippen molar-refractivity contribution in [1.29, 1.82) is 0 Å². The van der Waals surface area contributed by atoms with E-state index in [1.165, 1.54) is 5.56 Å².